The fourth-order valence-electron chi connectivity index (χ4n) is 4.39. The number of piperidine rings is 1. The fraction of sp³-hybridized carbons (Fsp3) is 0.231. The van der Waals surface area contributed by atoms with E-state index in [1.54, 1.807) is 18.3 Å². The van der Waals surface area contributed by atoms with Gasteiger partial charge in [-0.1, -0.05) is 12.6 Å². The third-order valence-electron chi connectivity index (χ3n) is 6.01. The van der Waals surface area contributed by atoms with Gasteiger partial charge < -0.3 is 9.64 Å². The van der Waals surface area contributed by atoms with Crippen LogP contribution in [-0.2, 0) is 11.3 Å². The minimum absolute atomic E-state index is 0.0291. The van der Waals surface area contributed by atoms with Crippen LogP contribution in [0, 0.1) is 11.7 Å². The van der Waals surface area contributed by atoms with Gasteiger partial charge in [-0.25, -0.2) is 19.0 Å². The normalized spacial score (nSPS) is 15.9. The number of benzene rings is 2. The third kappa shape index (κ3) is 4.52. The average Bonchev–Trinajstić information content (AvgIpc) is 3.22. The molecule has 0 aliphatic carbocycles. The molecular formula is C26H24FN5O2. The third-order valence-corrected chi connectivity index (χ3v) is 6.01. The van der Waals surface area contributed by atoms with Crippen LogP contribution < -0.4 is 4.74 Å². The van der Waals surface area contributed by atoms with E-state index < -0.39 is 0 Å². The summed E-state index contributed by atoms with van der Waals surface area (Å²) in [6.07, 6.45) is 6.65. The highest BCUT2D eigenvalue weighted by Gasteiger charge is 2.24. The molecule has 1 atom stereocenters. The molecule has 1 saturated heterocycles. The summed E-state index contributed by atoms with van der Waals surface area (Å²) in [5.41, 5.74) is 2.44. The molecular weight excluding hydrogens is 433 g/mol. The number of ether oxygens (including phenoxy) is 1. The molecule has 0 saturated carbocycles. The Morgan fingerprint density at radius 1 is 1.21 bits per heavy atom. The maximum absolute atomic E-state index is 13.4. The first-order valence-corrected chi connectivity index (χ1v) is 11.2. The maximum Gasteiger partial charge on any atom is 0.245 e. The van der Waals surface area contributed by atoms with E-state index in [1.807, 2.05) is 33.8 Å². The zero-order valence-corrected chi connectivity index (χ0v) is 18.6. The molecule has 4 aromatic rings. The van der Waals surface area contributed by atoms with E-state index in [0.29, 0.717) is 24.6 Å². The summed E-state index contributed by atoms with van der Waals surface area (Å²) >= 11 is 0. The van der Waals surface area contributed by atoms with Crippen molar-refractivity contribution in [3.63, 3.8) is 0 Å². The van der Waals surface area contributed by atoms with Crippen molar-refractivity contribution < 1.29 is 13.9 Å². The van der Waals surface area contributed by atoms with Gasteiger partial charge in [0.05, 0.1) is 5.39 Å². The Balaban J connectivity index is 1.39. The first kappa shape index (κ1) is 21.8. The molecule has 8 heteroatoms. The van der Waals surface area contributed by atoms with Crippen molar-refractivity contribution in [2.75, 3.05) is 13.1 Å². The summed E-state index contributed by atoms with van der Waals surface area (Å²) in [5, 5.41) is 5.73. The smallest absolute Gasteiger partial charge is 0.245 e. The molecule has 0 spiro atoms. The number of likely N-dealkylation sites (tertiary alicyclic amines) is 1. The lowest BCUT2D eigenvalue weighted by atomic mass is 9.98. The summed E-state index contributed by atoms with van der Waals surface area (Å²) in [4.78, 5) is 22.6. The number of halogens is 1. The zero-order valence-electron chi connectivity index (χ0n) is 18.6. The van der Waals surface area contributed by atoms with Crippen LogP contribution in [-0.4, -0.2) is 43.6 Å². The molecule has 2 aromatic heterocycles. The molecule has 0 N–H and O–H groups in total. The summed E-state index contributed by atoms with van der Waals surface area (Å²) in [6.45, 7) is 5.71. The highest BCUT2D eigenvalue weighted by Crippen LogP contribution is 2.30. The quantitative estimate of drug-likeness (QED) is 0.387. The van der Waals surface area contributed by atoms with Crippen molar-refractivity contribution in [3.05, 3.63) is 79.5 Å². The van der Waals surface area contributed by atoms with Gasteiger partial charge in [-0.15, -0.1) is 0 Å². The van der Waals surface area contributed by atoms with Crippen molar-refractivity contribution in [1.29, 1.82) is 0 Å². The van der Waals surface area contributed by atoms with Gasteiger partial charge in [0.25, 0.3) is 0 Å². The summed E-state index contributed by atoms with van der Waals surface area (Å²) in [5.74, 6) is 0.945. The molecule has 34 heavy (non-hydrogen) atoms. The Morgan fingerprint density at radius 3 is 2.85 bits per heavy atom. The predicted octanol–water partition coefficient (Wildman–Crippen LogP) is 4.85. The molecule has 172 valence electrons. The summed E-state index contributed by atoms with van der Waals surface area (Å²) in [6, 6.07) is 13.5. The predicted molar refractivity (Wildman–Crippen MR) is 127 cm³/mol. The van der Waals surface area contributed by atoms with Gasteiger partial charge >= 0.3 is 0 Å². The second-order valence-corrected chi connectivity index (χ2v) is 8.37. The molecule has 5 rings (SSSR count). The molecule has 1 aliphatic rings. The standard InChI is InChI=1S/C26H24FN5O2/c1-2-24(33)31-12-4-5-18(15-31)16-32-26-23(14-28-17-29-26)25(30-32)19-8-10-21(11-9-19)34-22-7-3-6-20(27)13-22/h2-3,6-11,13-14,17-18H,1,4-5,12,15-16H2/t18-/m1/s1. The molecule has 0 bridgehead atoms. The lowest BCUT2D eigenvalue weighted by Gasteiger charge is -2.32. The van der Waals surface area contributed by atoms with Crippen molar-refractivity contribution in [2.24, 2.45) is 5.92 Å². The first-order chi connectivity index (χ1) is 16.6. The van der Waals surface area contributed by atoms with Crippen LogP contribution >= 0.6 is 0 Å². The molecule has 0 unspecified atom stereocenters. The number of nitrogens with zero attached hydrogens (tertiary/aromatic N) is 5. The van der Waals surface area contributed by atoms with Crippen LogP contribution in [0.25, 0.3) is 22.3 Å². The van der Waals surface area contributed by atoms with E-state index in [1.165, 1.54) is 24.5 Å². The SMILES string of the molecule is C=CC(=O)N1CCC[C@@H](Cn2nc(-c3ccc(Oc4cccc(F)c4)cc3)c3cncnc32)C1. The molecule has 1 fully saturated rings. The van der Waals surface area contributed by atoms with Crippen LogP contribution in [0.15, 0.2) is 73.7 Å². The Labute approximate surface area is 196 Å². The zero-order chi connectivity index (χ0) is 23.5. The second-order valence-electron chi connectivity index (χ2n) is 8.37. The number of carbonyl (C=O) groups excluding carboxylic acids is 1. The van der Waals surface area contributed by atoms with Crippen LogP contribution in [0.1, 0.15) is 12.8 Å². The molecule has 0 radical (unpaired) electrons. The van der Waals surface area contributed by atoms with Crippen molar-refractivity contribution in [3.8, 4) is 22.8 Å². The first-order valence-electron chi connectivity index (χ1n) is 11.2. The van der Waals surface area contributed by atoms with Gasteiger partial charge in [-0.3, -0.25) is 4.79 Å². The fourth-order valence-corrected chi connectivity index (χ4v) is 4.39. The number of carbonyl (C=O) groups is 1. The second kappa shape index (κ2) is 9.43. The highest BCUT2D eigenvalue weighted by molar-refractivity contribution is 5.90. The Kier molecular flexibility index (Phi) is 6.03. The van der Waals surface area contributed by atoms with Gasteiger partial charge in [0.15, 0.2) is 5.65 Å². The lowest BCUT2D eigenvalue weighted by Crippen LogP contribution is -2.40. The minimum atomic E-state index is -0.346. The van der Waals surface area contributed by atoms with Crippen LogP contribution in [0.2, 0.25) is 0 Å². The summed E-state index contributed by atoms with van der Waals surface area (Å²) in [7, 11) is 0. The lowest BCUT2D eigenvalue weighted by molar-refractivity contribution is -0.127. The van der Waals surface area contributed by atoms with Crippen molar-refractivity contribution >= 4 is 16.9 Å². The van der Waals surface area contributed by atoms with Gasteiger partial charge in [0.2, 0.25) is 5.91 Å². The number of aromatic nitrogens is 4. The van der Waals surface area contributed by atoms with Crippen LogP contribution in [0.3, 0.4) is 0 Å². The molecule has 3 heterocycles. The van der Waals surface area contributed by atoms with E-state index >= 15 is 0 Å². The number of fused-ring (bicyclic) bond motifs is 1. The van der Waals surface area contributed by atoms with Crippen molar-refractivity contribution in [2.45, 2.75) is 19.4 Å². The number of hydrogen-bond donors (Lipinski definition) is 0. The van der Waals surface area contributed by atoms with Gasteiger partial charge in [0.1, 0.15) is 29.3 Å². The van der Waals surface area contributed by atoms with Crippen LogP contribution in [0.5, 0.6) is 11.5 Å². The molecule has 1 amide bonds. The van der Waals surface area contributed by atoms with E-state index in [9.17, 15) is 9.18 Å². The number of hydrogen-bond acceptors (Lipinski definition) is 5. The molecule has 7 nitrogen and oxygen atoms in total. The van der Waals surface area contributed by atoms with Gasteiger partial charge in [0, 0.05) is 37.5 Å². The van der Waals surface area contributed by atoms with Gasteiger partial charge in [-0.05, 0) is 61.2 Å². The van der Waals surface area contributed by atoms with Crippen LogP contribution in [0.4, 0.5) is 4.39 Å². The Hall–Kier alpha value is -4.07. The molecule has 1 aliphatic heterocycles. The Bertz CT molecular complexity index is 1330. The van der Waals surface area contributed by atoms with E-state index in [4.69, 9.17) is 9.84 Å². The monoisotopic (exact) mass is 457 g/mol. The maximum atomic E-state index is 13.4. The van der Waals surface area contributed by atoms with E-state index in [0.717, 1.165) is 41.7 Å². The average molecular weight is 458 g/mol. The Morgan fingerprint density at radius 2 is 2.06 bits per heavy atom. The largest absolute Gasteiger partial charge is 0.457 e. The highest BCUT2D eigenvalue weighted by atomic mass is 19.1. The van der Waals surface area contributed by atoms with Crippen molar-refractivity contribution in [1.82, 2.24) is 24.6 Å². The number of amides is 1. The molecule has 2 aromatic carbocycles. The number of rotatable bonds is 6. The minimum Gasteiger partial charge on any atom is -0.457 e. The van der Waals surface area contributed by atoms with Gasteiger partial charge in [-0.2, -0.15) is 5.10 Å². The van der Waals surface area contributed by atoms with E-state index in [2.05, 4.69) is 16.5 Å². The topological polar surface area (TPSA) is 73.1 Å². The summed E-state index contributed by atoms with van der Waals surface area (Å²) < 4.78 is 21.1. The van der Waals surface area contributed by atoms with E-state index in [-0.39, 0.29) is 17.6 Å².